The summed E-state index contributed by atoms with van der Waals surface area (Å²) in [6, 6.07) is 12.2. The van der Waals surface area contributed by atoms with Gasteiger partial charge in [-0.15, -0.1) is 0 Å². The van der Waals surface area contributed by atoms with Gasteiger partial charge in [-0.25, -0.2) is 0 Å². The molecule has 1 amide bonds. The van der Waals surface area contributed by atoms with Gasteiger partial charge in [0.25, 0.3) is 5.03 Å². The van der Waals surface area contributed by atoms with Gasteiger partial charge in [0.1, 0.15) is 12.4 Å². The molecule has 0 spiro atoms. The second-order valence-electron chi connectivity index (χ2n) is 5.19. The van der Waals surface area contributed by atoms with Gasteiger partial charge in [-0.2, -0.15) is 4.73 Å². The molecule has 1 heterocycles. The number of rotatable bonds is 7. The van der Waals surface area contributed by atoms with Crippen molar-refractivity contribution in [1.29, 1.82) is 0 Å². The predicted molar refractivity (Wildman–Crippen MR) is 95.3 cm³/mol. The fourth-order valence-corrected chi connectivity index (χ4v) is 3.08. The van der Waals surface area contributed by atoms with E-state index in [1.165, 1.54) is 18.0 Å². The number of hydrogen-bond donors (Lipinski definition) is 0. The molecule has 0 aliphatic carbocycles. The molecule has 5 nitrogen and oxygen atoms in total. The number of carbonyl (C=O) groups is 1. The third-order valence-electron chi connectivity index (χ3n) is 3.32. The number of benzene rings is 1. The smallest absolute Gasteiger partial charge is 0.252 e. The lowest BCUT2D eigenvalue weighted by atomic mass is 10.3. The minimum Gasteiger partial charge on any atom is -0.618 e. The van der Waals surface area contributed by atoms with Gasteiger partial charge in [0.2, 0.25) is 5.91 Å². The molecule has 24 heavy (non-hydrogen) atoms. The van der Waals surface area contributed by atoms with E-state index in [-0.39, 0.29) is 11.2 Å². The quantitative estimate of drug-likeness (QED) is 0.429. The highest BCUT2D eigenvalue weighted by Gasteiger charge is 2.21. The fourth-order valence-electron chi connectivity index (χ4n) is 1.99. The summed E-state index contributed by atoms with van der Waals surface area (Å²) in [5.41, 5.74) is 0. The highest BCUT2D eigenvalue weighted by molar-refractivity contribution is 8.00. The Kier molecular flexibility index (Phi) is 6.75. The minimum atomic E-state index is -0.354. The van der Waals surface area contributed by atoms with Gasteiger partial charge in [0.05, 0.1) is 11.8 Å². The van der Waals surface area contributed by atoms with Gasteiger partial charge in [-0.05, 0) is 49.0 Å². The van der Waals surface area contributed by atoms with Crippen molar-refractivity contribution in [3.8, 4) is 5.75 Å². The van der Waals surface area contributed by atoms with Crippen LogP contribution in [-0.4, -0.2) is 36.3 Å². The SMILES string of the molecule is CC(Sc1cccc[n+]1[O-])C(=O)N(C)CCOc1ccc(Cl)cc1. The number of nitrogens with zero attached hydrogens (tertiary/aromatic N) is 2. The molecule has 0 aliphatic rings. The highest BCUT2D eigenvalue weighted by Crippen LogP contribution is 2.21. The van der Waals surface area contributed by atoms with Crippen molar-refractivity contribution in [2.24, 2.45) is 0 Å². The number of thioether (sulfide) groups is 1. The molecule has 1 aromatic carbocycles. The Hall–Kier alpha value is -1.92. The van der Waals surface area contributed by atoms with Crippen LogP contribution in [-0.2, 0) is 4.79 Å². The van der Waals surface area contributed by atoms with Crippen molar-refractivity contribution in [3.63, 3.8) is 0 Å². The molecule has 2 rings (SSSR count). The summed E-state index contributed by atoms with van der Waals surface area (Å²) in [5, 5.41) is 12.4. The second kappa shape index (κ2) is 8.80. The molecule has 1 aromatic heterocycles. The van der Waals surface area contributed by atoms with Crippen LogP contribution in [0.2, 0.25) is 5.02 Å². The maximum absolute atomic E-state index is 12.4. The van der Waals surface area contributed by atoms with E-state index >= 15 is 0 Å². The Labute approximate surface area is 150 Å². The summed E-state index contributed by atoms with van der Waals surface area (Å²) >= 11 is 7.06. The number of carbonyl (C=O) groups excluding carboxylic acids is 1. The third kappa shape index (κ3) is 5.32. The zero-order valence-corrected chi connectivity index (χ0v) is 15.1. The Morgan fingerprint density at radius 2 is 2.04 bits per heavy atom. The summed E-state index contributed by atoms with van der Waals surface area (Å²) in [6.45, 7) is 2.63. The van der Waals surface area contributed by atoms with Crippen LogP contribution in [0.25, 0.3) is 0 Å². The number of pyridine rings is 1. The van der Waals surface area contributed by atoms with Gasteiger partial charge in [-0.3, -0.25) is 4.79 Å². The summed E-state index contributed by atoms with van der Waals surface area (Å²) in [5.74, 6) is 0.655. The minimum absolute atomic E-state index is 0.0523. The molecule has 0 N–H and O–H groups in total. The Balaban J connectivity index is 1.80. The van der Waals surface area contributed by atoms with Crippen LogP contribution < -0.4 is 9.47 Å². The standard InChI is InChI=1S/C17H19ClN2O3S/c1-13(24-16-5-3-4-10-20(16)22)17(21)19(2)11-12-23-15-8-6-14(18)7-9-15/h3-10,13H,11-12H2,1-2H3. The first kappa shape index (κ1) is 18.4. The van der Waals surface area contributed by atoms with Crippen molar-refractivity contribution in [1.82, 2.24) is 4.90 Å². The van der Waals surface area contributed by atoms with Crippen LogP contribution in [0.15, 0.2) is 53.7 Å². The van der Waals surface area contributed by atoms with Crippen molar-refractivity contribution in [2.75, 3.05) is 20.2 Å². The number of halogens is 1. The molecule has 0 bridgehead atoms. The summed E-state index contributed by atoms with van der Waals surface area (Å²) < 4.78 is 6.35. The monoisotopic (exact) mass is 366 g/mol. The van der Waals surface area contributed by atoms with Crippen LogP contribution in [0.3, 0.4) is 0 Å². The number of ether oxygens (including phenoxy) is 1. The van der Waals surface area contributed by atoms with E-state index in [0.29, 0.717) is 28.9 Å². The number of amides is 1. The molecule has 0 radical (unpaired) electrons. The molecule has 1 atom stereocenters. The first-order chi connectivity index (χ1) is 11.5. The van der Waals surface area contributed by atoms with Gasteiger partial charge < -0.3 is 14.8 Å². The number of hydrogen-bond acceptors (Lipinski definition) is 4. The molecule has 0 saturated heterocycles. The van der Waals surface area contributed by atoms with Crippen LogP contribution in [0.4, 0.5) is 0 Å². The van der Waals surface area contributed by atoms with Gasteiger partial charge in [0.15, 0.2) is 6.20 Å². The van der Waals surface area contributed by atoms with E-state index in [1.54, 1.807) is 61.3 Å². The number of aromatic nitrogens is 1. The summed E-state index contributed by atoms with van der Waals surface area (Å²) in [7, 11) is 1.72. The fraction of sp³-hybridized carbons (Fsp3) is 0.294. The Bertz CT molecular complexity index is 682. The van der Waals surface area contributed by atoms with E-state index in [1.807, 2.05) is 0 Å². The molecule has 0 aliphatic heterocycles. The zero-order valence-electron chi connectivity index (χ0n) is 13.5. The zero-order chi connectivity index (χ0) is 17.5. The molecule has 7 heteroatoms. The molecule has 0 saturated carbocycles. The van der Waals surface area contributed by atoms with Crippen LogP contribution in [0.1, 0.15) is 6.92 Å². The molecular formula is C17H19ClN2O3S. The highest BCUT2D eigenvalue weighted by atomic mass is 35.5. The largest absolute Gasteiger partial charge is 0.618 e. The van der Waals surface area contributed by atoms with Gasteiger partial charge in [0, 0.05) is 24.2 Å². The van der Waals surface area contributed by atoms with Gasteiger partial charge in [-0.1, -0.05) is 11.6 Å². The lowest BCUT2D eigenvalue weighted by molar-refractivity contribution is -0.645. The lowest BCUT2D eigenvalue weighted by Gasteiger charge is -2.20. The molecular weight excluding hydrogens is 348 g/mol. The van der Waals surface area contributed by atoms with Crippen molar-refractivity contribution >= 4 is 29.3 Å². The molecule has 128 valence electrons. The van der Waals surface area contributed by atoms with Crippen molar-refractivity contribution < 1.29 is 14.3 Å². The van der Waals surface area contributed by atoms with E-state index < -0.39 is 0 Å². The summed E-state index contributed by atoms with van der Waals surface area (Å²) in [4.78, 5) is 14.0. The van der Waals surface area contributed by atoms with Gasteiger partial charge >= 0.3 is 0 Å². The molecule has 0 fully saturated rings. The molecule has 2 aromatic rings. The lowest BCUT2D eigenvalue weighted by Crippen LogP contribution is -2.37. The average Bonchev–Trinajstić information content (AvgIpc) is 2.58. The number of likely N-dealkylation sites (N-methyl/N-ethyl adjacent to an activating group) is 1. The van der Waals surface area contributed by atoms with E-state index in [9.17, 15) is 10.0 Å². The maximum Gasteiger partial charge on any atom is 0.252 e. The van der Waals surface area contributed by atoms with Crippen molar-refractivity contribution in [2.45, 2.75) is 17.2 Å². The normalized spacial score (nSPS) is 11.8. The molecule has 1 unspecified atom stereocenters. The van der Waals surface area contributed by atoms with Crippen LogP contribution in [0, 0.1) is 5.21 Å². The van der Waals surface area contributed by atoms with Crippen LogP contribution >= 0.6 is 23.4 Å². The van der Waals surface area contributed by atoms with E-state index in [4.69, 9.17) is 16.3 Å². The van der Waals surface area contributed by atoms with E-state index in [0.717, 1.165) is 4.73 Å². The first-order valence-electron chi connectivity index (χ1n) is 7.45. The van der Waals surface area contributed by atoms with Crippen molar-refractivity contribution in [3.05, 3.63) is 58.9 Å². The van der Waals surface area contributed by atoms with E-state index in [2.05, 4.69) is 0 Å². The third-order valence-corrected chi connectivity index (χ3v) is 4.68. The van der Waals surface area contributed by atoms with Crippen LogP contribution in [0.5, 0.6) is 5.75 Å². The summed E-state index contributed by atoms with van der Waals surface area (Å²) in [6.07, 6.45) is 1.42. The predicted octanol–water partition coefficient (Wildman–Crippen LogP) is 2.99. The maximum atomic E-state index is 12.4. The Morgan fingerprint density at radius 1 is 1.33 bits per heavy atom. The first-order valence-corrected chi connectivity index (χ1v) is 8.71. The topological polar surface area (TPSA) is 56.5 Å². The second-order valence-corrected chi connectivity index (χ2v) is 6.98. The Morgan fingerprint density at radius 3 is 2.71 bits per heavy atom. The average molecular weight is 367 g/mol.